The van der Waals surface area contributed by atoms with E-state index in [0.717, 1.165) is 48.3 Å². The van der Waals surface area contributed by atoms with Gasteiger partial charge in [0, 0.05) is 11.1 Å². The van der Waals surface area contributed by atoms with E-state index in [0.29, 0.717) is 6.61 Å². The van der Waals surface area contributed by atoms with Gasteiger partial charge < -0.3 is 4.74 Å². The van der Waals surface area contributed by atoms with Gasteiger partial charge in [-0.15, -0.1) is 11.3 Å². The van der Waals surface area contributed by atoms with Gasteiger partial charge in [-0.1, -0.05) is 42.5 Å². The lowest BCUT2D eigenvalue weighted by atomic mass is 9.96. The smallest absolute Gasteiger partial charge is 0.146 e. The minimum absolute atomic E-state index is 0.521. The van der Waals surface area contributed by atoms with Crippen molar-refractivity contribution in [2.75, 3.05) is 0 Å². The number of aryl methyl sites for hydroxylation is 1. The van der Waals surface area contributed by atoms with E-state index in [-0.39, 0.29) is 0 Å². The molecule has 0 aliphatic heterocycles. The molecule has 0 amide bonds. The molecule has 1 heterocycles. The number of ether oxygens (including phenoxy) is 1. The number of aliphatic imine (C=N–C) groups is 1. The molecule has 3 aromatic carbocycles. The molecular weight excluding hydrogens is 654 g/mol. The lowest BCUT2D eigenvalue weighted by molar-refractivity contribution is 0.303. The fourth-order valence-corrected chi connectivity index (χ4v) is 7.56. The summed E-state index contributed by atoms with van der Waals surface area (Å²) in [5, 5.41) is 13.0. The molecule has 5 rings (SSSR count). The van der Waals surface area contributed by atoms with Gasteiger partial charge in [-0.2, -0.15) is 5.26 Å². The number of benzene rings is 3. The first-order valence-corrected chi connectivity index (χ1v) is 13.8. The van der Waals surface area contributed by atoms with Crippen molar-refractivity contribution in [2.45, 2.75) is 32.3 Å². The third kappa shape index (κ3) is 4.81. The normalized spacial score (nSPS) is 13.2. The van der Waals surface area contributed by atoms with Crippen LogP contribution in [0.4, 0.5) is 5.00 Å². The average Bonchev–Trinajstić information content (AvgIpc) is 3.20. The maximum absolute atomic E-state index is 9.67. The Kier molecular flexibility index (Phi) is 6.99. The molecule has 6 heteroatoms. The number of nitrogens with zero attached hydrogens (tertiary/aromatic N) is 2. The molecular formula is C27H20I2N2OS. The molecule has 0 atom stereocenters. The summed E-state index contributed by atoms with van der Waals surface area (Å²) in [6.07, 6.45) is 6.32. The molecule has 0 saturated carbocycles. The van der Waals surface area contributed by atoms with Crippen LogP contribution in [0.15, 0.2) is 59.6 Å². The van der Waals surface area contributed by atoms with E-state index in [9.17, 15) is 5.26 Å². The summed E-state index contributed by atoms with van der Waals surface area (Å²) < 4.78 is 8.37. The van der Waals surface area contributed by atoms with Gasteiger partial charge in [-0.3, -0.25) is 0 Å². The molecule has 1 aliphatic rings. The molecule has 0 N–H and O–H groups in total. The Labute approximate surface area is 224 Å². The third-order valence-corrected chi connectivity index (χ3v) is 8.67. The van der Waals surface area contributed by atoms with Crippen LogP contribution in [0.25, 0.3) is 10.8 Å². The molecule has 0 fully saturated rings. The van der Waals surface area contributed by atoms with Gasteiger partial charge in [0.2, 0.25) is 0 Å². The highest BCUT2D eigenvalue weighted by atomic mass is 127. The fourth-order valence-electron chi connectivity index (χ4n) is 4.25. The van der Waals surface area contributed by atoms with Crippen molar-refractivity contribution in [1.29, 1.82) is 5.26 Å². The van der Waals surface area contributed by atoms with E-state index in [1.165, 1.54) is 33.2 Å². The monoisotopic (exact) mass is 674 g/mol. The zero-order valence-electron chi connectivity index (χ0n) is 17.8. The largest absolute Gasteiger partial charge is 0.487 e. The van der Waals surface area contributed by atoms with Gasteiger partial charge in [0.1, 0.15) is 23.4 Å². The van der Waals surface area contributed by atoms with E-state index in [4.69, 9.17) is 9.73 Å². The first-order valence-electron chi connectivity index (χ1n) is 10.8. The van der Waals surface area contributed by atoms with Crippen LogP contribution in [-0.2, 0) is 19.4 Å². The van der Waals surface area contributed by atoms with Gasteiger partial charge in [0.25, 0.3) is 0 Å². The van der Waals surface area contributed by atoms with Crippen LogP contribution in [0.2, 0.25) is 0 Å². The van der Waals surface area contributed by atoms with E-state index in [2.05, 4.69) is 106 Å². The zero-order valence-corrected chi connectivity index (χ0v) is 22.9. The van der Waals surface area contributed by atoms with Crippen molar-refractivity contribution in [2.24, 2.45) is 4.99 Å². The Morgan fingerprint density at radius 1 is 1.03 bits per heavy atom. The molecule has 164 valence electrons. The highest BCUT2D eigenvalue weighted by Gasteiger charge is 2.20. The summed E-state index contributed by atoms with van der Waals surface area (Å²) in [5.74, 6) is 0.894. The minimum atomic E-state index is 0.521. The van der Waals surface area contributed by atoms with Crippen molar-refractivity contribution < 1.29 is 4.74 Å². The maximum atomic E-state index is 9.67. The second kappa shape index (κ2) is 10.1. The third-order valence-electron chi connectivity index (χ3n) is 5.87. The lowest BCUT2D eigenvalue weighted by Crippen LogP contribution is -2.01. The molecule has 0 bridgehead atoms. The predicted octanol–water partition coefficient (Wildman–Crippen LogP) is 8.19. The van der Waals surface area contributed by atoms with Gasteiger partial charge in [-0.25, -0.2) is 4.99 Å². The summed E-state index contributed by atoms with van der Waals surface area (Å²) in [6.45, 7) is 0.521. The van der Waals surface area contributed by atoms with Gasteiger partial charge >= 0.3 is 0 Å². The lowest BCUT2D eigenvalue weighted by Gasteiger charge is -2.13. The molecule has 33 heavy (non-hydrogen) atoms. The molecule has 1 aliphatic carbocycles. The van der Waals surface area contributed by atoms with Crippen LogP contribution in [0.3, 0.4) is 0 Å². The number of nitriles is 1. The van der Waals surface area contributed by atoms with Crippen LogP contribution < -0.4 is 4.74 Å². The van der Waals surface area contributed by atoms with Crippen LogP contribution in [-0.4, -0.2) is 6.21 Å². The zero-order chi connectivity index (χ0) is 22.8. The predicted molar refractivity (Wildman–Crippen MR) is 153 cm³/mol. The summed E-state index contributed by atoms with van der Waals surface area (Å²) in [6, 6.07) is 21.3. The van der Waals surface area contributed by atoms with Crippen molar-refractivity contribution in [3.8, 4) is 11.8 Å². The van der Waals surface area contributed by atoms with E-state index < -0.39 is 0 Å². The molecule has 0 saturated heterocycles. The average molecular weight is 674 g/mol. The van der Waals surface area contributed by atoms with Crippen molar-refractivity contribution in [1.82, 2.24) is 0 Å². The van der Waals surface area contributed by atoms with E-state index in [1.807, 2.05) is 6.21 Å². The Bertz CT molecular complexity index is 1390. The van der Waals surface area contributed by atoms with Crippen molar-refractivity contribution in [3.05, 3.63) is 88.9 Å². The van der Waals surface area contributed by atoms with Crippen LogP contribution in [0, 0.1) is 18.5 Å². The van der Waals surface area contributed by atoms with Crippen LogP contribution in [0.5, 0.6) is 5.75 Å². The minimum Gasteiger partial charge on any atom is -0.487 e. The highest BCUT2D eigenvalue weighted by molar-refractivity contribution is 14.1. The number of thiophene rings is 1. The molecule has 4 aromatic rings. The standard InChI is InChI=1S/C27H20I2N2OS/c28-23-12-17(15-31-27-22(14-30)21-10-3-4-11-25(21)33-27)13-24(29)26(23)32-16-19-8-5-7-18-6-1-2-9-20(18)19/h1-2,5-9,12-13,15H,3-4,10-11,16H2. The van der Waals surface area contributed by atoms with Crippen molar-refractivity contribution >= 4 is 78.5 Å². The summed E-state index contributed by atoms with van der Waals surface area (Å²) >= 11 is 6.33. The topological polar surface area (TPSA) is 45.4 Å². The maximum Gasteiger partial charge on any atom is 0.146 e. The van der Waals surface area contributed by atoms with Crippen LogP contribution in [0.1, 0.15) is 40.0 Å². The van der Waals surface area contributed by atoms with Crippen LogP contribution >= 0.6 is 56.5 Å². The summed E-state index contributed by atoms with van der Waals surface area (Å²) in [7, 11) is 0. The molecule has 0 radical (unpaired) electrons. The number of fused-ring (bicyclic) bond motifs is 2. The second-order valence-electron chi connectivity index (χ2n) is 8.00. The number of hydrogen-bond donors (Lipinski definition) is 0. The molecule has 0 spiro atoms. The summed E-state index contributed by atoms with van der Waals surface area (Å²) in [4.78, 5) is 6.05. The first-order chi connectivity index (χ1) is 16.1. The van der Waals surface area contributed by atoms with Gasteiger partial charge in [-0.05, 0) is 110 Å². The SMILES string of the molecule is N#Cc1c(N=Cc2cc(I)c(OCc3cccc4ccccc34)c(I)c2)sc2c1CCCC2. The Hall–Kier alpha value is -1.96. The summed E-state index contributed by atoms with van der Waals surface area (Å²) in [5.41, 5.74) is 4.18. The Morgan fingerprint density at radius 3 is 2.61 bits per heavy atom. The molecule has 1 aromatic heterocycles. The first kappa shape index (κ1) is 22.8. The van der Waals surface area contributed by atoms with Gasteiger partial charge in [0.05, 0.1) is 12.7 Å². The van der Waals surface area contributed by atoms with Gasteiger partial charge in [0.15, 0.2) is 0 Å². The highest BCUT2D eigenvalue weighted by Crippen LogP contribution is 2.39. The number of halogens is 2. The Morgan fingerprint density at radius 2 is 1.79 bits per heavy atom. The van der Waals surface area contributed by atoms with Crippen molar-refractivity contribution in [3.63, 3.8) is 0 Å². The number of rotatable bonds is 5. The number of hydrogen-bond acceptors (Lipinski definition) is 4. The molecule has 3 nitrogen and oxygen atoms in total. The quantitative estimate of drug-likeness (QED) is 0.158. The van der Waals surface area contributed by atoms with E-state index >= 15 is 0 Å². The molecule has 0 unspecified atom stereocenters. The fraction of sp³-hybridized carbons (Fsp3) is 0.185. The van der Waals surface area contributed by atoms with E-state index in [1.54, 1.807) is 11.3 Å². The Balaban J connectivity index is 1.37. The second-order valence-corrected chi connectivity index (χ2v) is 11.4.